The van der Waals surface area contributed by atoms with Crippen molar-refractivity contribution in [2.75, 3.05) is 5.01 Å². The summed E-state index contributed by atoms with van der Waals surface area (Å²) in [7, 11) is 0. The molecule has 0 spiro atoms. The van der Waals surface area contributed by atoms with Crippen LogP contribution in [0.2, 0.25) is 0 Å². The molecule has 0 saturated heterocycles. The molecule has 0 atom stereocenters. The van der Waals surface area contributed by atoms with E-state index in [2.05, 4.69) is 21.4 Å². The molecule has 0 fully saturated rings. The van der Waals surface area contributed by atoms with Crippen LogP contribution in [0.1, 0.15) is 15.9 Å². The molecule has 0 aliphatic rings. The van der Waals surface area contributed by atoms with E-state index in [-0.39, 0.29) is 11.3 Å². The number of halogens is 4. The first-order chi connectivity index (χ1) is 14.2. The Hall–Kier alpha value is -3.40. The summed E-state index contributed by atoms with van der Waals surface area (Å²) in [6.45, 7) is 0. The van der Waals surface area contributed by atoms with Crippen LogP contribution in [0.5, 0.6) is 0 Å². The SMILES string of the molecule is O=C(NN(c1ccccc1)c1cc(C(F)(F)F)ccc1[N+](=O)[O-])c1ccc(Br)cc1. The summed E-state index contributed by atoms with van der Waals surface area (Å²) in [5, 5.41) is 12.5. The molecule has 3 aromatic carbocycles. The number of para-hydroxylation sites is 1. The minimum absolute atomic E-state index is 0.216. The number of nitrogens with zero attached hydrogens (tertiary/aromatic N) is 2. The number of nitrogens with one attached hydrogen (secondary N) is 1. The molecular formula is C20H13BrF3N3O3. The standard InChI is InChI=1S/C20H13BrF3N3O3/c21-15-9-6-13(7-10-15)19(28)25-26(16-4-2-1-3-5-16)18-12-14(20(22,23)24)8-11-17(18)27(29)30/h1-12H,(H,25,28). The fourth-order valence-corrected chi connectivity index (χ4v) is 2.91. The Bertz CT molecular complexity index is 1070. The van der Waals surface area contributed by atoms with Crippen LogP contribution < -0.4 is 10.4 Å². The van der Waals surface area contributed by atoms with Crippen molar-refractivity contribution in [3.63, 3.8) is 0 Å². The van der Waals surface area contributed by atoms with Crippen molar-refractivity contribution >= 4 is 38.9 Å². The monoisotopic (exact) mass is 479 g/mol. The van der Waals surface area contributed by atoms with Crippen LogP contribution in [-0.4, -0.2) is 10.8 Å². The van der Waals surface area contributed by atoms with E-state index in [4.69, 9.17) is 0 Å². The zero-order valence-electron chi connectivity index (χ0n) is 15.1. The smallest absolute Gasteiger partial charge is 0.267 e. The number of amides is 1. The molecule has 0 saturated carbocycles. The fourth-order valence-electron chi connectivity index (χ4n) is 2.64. The van der Waals surface area contributed by atoms with E-state index < -0.39 is 33.9 Å². The molecule has 1 N–H and O–H groups in total. The van der Waals surface area contributed by atoms with Gasteiger partial charge in [-0.1, -0.05) is 34.1 Å². The maximum atomic E-state index is 13.3. The Labute approximate surface area is 177 Å². The lowest BCUT2D eigenvalue weighted by molar-refractivity contribution is -0.384. The van der Waals surface area contributed by atoms with Crippen LogP contribution in [0.3, 0.4) is 0 Å². The molecule has 0 aliphatic heterocycles. The van der Waals surface area contributed by atoms with Crippen LogP contribution in [0, 0.1) is 10.1 Å². The molecule has 30 heavy (non-hydrogen) atoms. The minimum atomic E-state index is -4.72. The van der Waals surface area contributed by atoms with Gasteiger partial charge in [0.25, 0.3) is 11.6 Å². The topological polar surface area (TPSA) is 75.5 Å². The number of benzene rings is 3. The van der Waals surface area contributed by atoms with Gasteiger partial charge in [0.15, 0.2) is 0 Å². The van der Waals surface area contributed by atoms with E-state index in [1.807, 2.05) is 0 Å². The number of hydrazine groups is 1. The molecule has 6 nitrogen and oxygen atoms in total. The van der Waals surface area contributed by atoms with Gasteiger partial charge >= 0.3 is 6.18 Å². The molecule has 154 valence electrons. The highest BCUT2D eigenvalue weighted by atomic mass is 79.9. The molecule has 0 radical (unpaired) electrons. The number of nitro benzene ring substituents is 1. The lowest BCUT2D eigenvalue weighted by Crippen LogP contribution is -2.39. The Balaban J connectivity index is 2.12. The van der Waals surface area contributed by atoms with Gasteiger partial charge in [0.05, 0.1) is 16.2 Å². The predicted molar refractivity (Wildman–Crippen MR) is 108 cm³/mol. The molecule has 3 rings (SSSR count). The molecule has 0 bridgehead atoms. The van der Waals surface area contributed by atoms with Crippen molar-refractivity contribution in [1.29, 1.82) is 0 Å². The molecule has 10 heteroatoms. The number of carbonyl (C=O) groups is 1. The highest BCUT2D eigenvalue weighted by molar-refractivity contribution is 9.10. The van der Waals surface area contributed by atoms with Crippen LogP contribution in [0.15, 0.2) is 77.3 Å². The number of hydrogen-bond acceptors (Lipinski definition) is 4. The van der Waals surface area contributed by atoms with Gasteiger partial charge in [-0.15, -0.1) is 0 Å². The second kappa shape index (κ2) is 8.54. The van der Waals surface area contributed by atoms with E-state index in [0.717, 1.165) is 15.5 Å². The van der Waals surface area contributed by atoms with Gasteiger partial charge in [-0.25, -0.2) is 5.01 Å². The third-order valence-electron chi connectivity index (χ3n) is 4.07. The van der Waals surface area contributed by atoms with E-state index in [1.54, 1.807) is 30.3 Å². The van der Waals surface area contributed by atoms with Gasteiger partial charge in [0, 0.05) is 16.1 Å². The molecule has 0 unspecified atom stereocenters. The van der Waals surface area contributed by atoms with Gasteiger partial charge in [-0.05, 0) is 48.5 Å². The Morgan fingerprint density at radius 2 is 1.63 bits per heavy atom. The molecule has 0 aliphatic carbocycles. The summed E-state index contributed by atoms with van der Waals surface area (Å²) >= 11 is 3.25. The average Bonchev–Trinajstić information content (AvgIpc) is 2.72. The Kier molecular flexibility index (Phi) is 6.06. The third kappa shape index (κ3) is 4.77. The van der Waals surface area contributed by atoms with E-state index >= 15 is 0 Å². The van der Waals surface area contributed by atoms with Crippen molar-refractivity contribution in [1.82, 2.24) is 5.43 Å². The van der Waals surface area contributed by atoms with Crippen LogP contribution >= 0.6 is 15.9 Å². The zero-order valence-corrected chi connectivity index (χ0v) is 16.6. The van der Waals surface area contributed by atoms with Crippen molar-refractivity contribution in [3.05, 3.63) is 98.5 Å². The van der Waals surface area contributed by atoms with Gasteiger partial charge < -0.3 is 0 Å². The van der Waals surface area contributed by atoms with Gasteiger partial charge in [0.1, 0.15) is 5.69 Å². The predicted octanol–water partition coefficient (Wildman–Crippen LogP) is 5.86. The number of hydrogen-bond donors (Lipinski definition) is 1. The van der Waals surface area contributed by atoms with Crippen molar-refractivity contribution in [3.8, 4) is 0 Å². The van der Waals surface area contributed by atoms with Crippen LogP contribution in [0.25, 0.3) is 0 Å². The highest BCUT2D eigenvalue weighted by Crippen LogP contribution is 2.38. The summed E-state index contributed by atoms with van der Waals surface area (Å²) < 4.78 is 40.5. The first-order valence-corrected chi connectivity index (χ1v) is 9.23. The van der Waals surface area contributed by atoms with E-state index in [0.29, 0.717) is 12.1 Å². The lowest BCUT2D eigenvalue weighted by atomic mass is 10.1. The van der Waals surface area contributed by atoms with E-state index in [1.165, 1.54) is 24.3 Å². The van der Waals surface area contributed by atoms with Gasteiger partial charge in [-0.2, -0.15) is 13.2 Å². The molecular weight excluding hydrogens is 467 g/mol. The molecule has 3 aromatic rings. The summed E-state index contributed by atoms with van der Waals surface area (Å²) in [5.41, 5.74) is 0.824. The minimum Gasteiger partial charge on any atom is -0.267 e. The number of rotatable bonds is 5. The first-order valence-electron chi connectivity index (χ1n) is 8.44. The van der Waals surface area contributed by atoms with Crippen molar-refractivity contribution in [2.45, 2.75) is 6.18 Å². The Morgan fingerprint density at radius 3 is 2.20 bits per heavy atom. The summed E-state index contributed by atoms with van der Waals surface area (Å²) in [6, 6.07) is 16.1. The number of carbonyl (C=O) groups excluding carboxylic acids is 1. The normalized spacial score (nSPS) is 11.1. The van der Waals surface area contributed by atoms with Crippen molar-refractivity contribution in [2.24, 2.45) is 0 Å². The molecule has 0 heterocycles. The van der Waals surface area contributed by atoms with Crippen LogP contribution in [-0.2, 0) is 6.18 Å². The second-order valence-electron chi connectivity index (χ2n) is 6.08. The maximum absolute atomic E-state index is 13.3. The lowest BCUT2D eigenvalue weighted by Gasteiger charge is -2.26. The number of anilines is 2. The van der Waals surface area contributed by atoms with E-state index in [9.17, 15) is 28.1 Å². The number of alkyl halides is 3. The fraction of sp³-hybridized carbons (Fsp3) is 0.0500. The Morgan fingerprint density at radius 1 is 1.00 bits per heavy atom. The largest absolute Gasteiger partial charge is 0.416 e. The van der Waals surface area contributed by atoms with Crippen LogP contribution in [0.4, 0.5) is 30.2 Å². The average molecular weight is 480 g/mol. The van der Waals surface area contributed by atoms with Gasteiger partial charge in [0.2, 0.25) is 0 Å². The second-order valence-corrected chi connectivity index (χ2v) is 6.99. The quantitative estimate of drug-likeness (QED) is 0.367. The zero-order chi connectivity index (χ0) is 21.9. The summed E-state index contributed by atoms with van der Waals surface area (Å²) in [4.78, 5) is 23.4. The third-order valence-corrected chi connectivity index (χ3v) is 4.60. The first kappa shape index (κ1) is 21.3. The maximum Gasteiger partial charge on any atom is 0.416 e. The van der Waals surface area contributed by atoms with Crippen molar-refractivity contribution < 1.29 is 22.9 Å². The summed E-state index contributed by atoms with van der Waals surface area (Å²) in [6.07, 6.45) is -4.72. The highest BCUT2D eigenvalue weighted by Gasteiger charge is 2.34. The molecule has 0 aromatic heterocycles. The summed E-state index contributed by atoms with van der Waals surface area (Å²) in [5.74, 6) is -0.655. The number of nitro groups is 1. The van der Waals surface area contributed by atoms with Gasteiger partial charge in [-0.3, -0.25) is 20.3 Å². The molecule has 1 amide bonds.